The summed E-state index contributed by atoms with van der Waals surface area (Å²) in [7, 11) is 1.32. The summed E-state index contributed by atoms with van der Waals surface area (Å²) in [6.07, 6.45) is 3.96. The van der Waals surface area contributed by atoms with Gasteiger partial charge in [-0.3, -0.25) is 4.79 Å². The Morgan fingerprint density at radius 3 is 2.72 bits per heavy atom. The molecule has 1 aliphatic carbocycles. The van der Waals surface area contributed by atoms with Crippen molar-refractivity contribution in [3.05, 3.63) is 36.0 Å². The lowest BCUT2D eigenvalue weighted by molar-refractivity contribution is -0.0512. The number of alkyl halides is 2. The van der Waals surface area contributed by atoms with E-state index >= 15 is 0 Å². The molecular formula is C17H19F2N3O3. The van der Waals surface area contributed by atoms with Crippen LogP contribution in [0.3, 0.4) is 0 Å². The van der Waals surface area contributed by atoms with Crippen molar-refractivity contribution in [3.63, 3.8) is 0 Å². The maximum atomic E-state index is 12.5. The zero-order chi connectivity index (χ0) is 18.0. The van der Waals surface area contributed by atoms with Crippen LogP contribution in [0, 0.1) is 5.92 Å². The molecule has 1 aromatic heterocycles. The summed E-state index contributed by atoms with van der Waals surface area (Å²) in [6.45, 7) is -0.897. The number of aromatic nitrogens is 2. The van der Waals surface area contributed by atoms with Crippen molar-refractivity contribution in [1.29, 1.82) is 0 Å². The average molecular weight is 351 g/mol. The second-order valence-corrected chi connectivity index (χ2v) is 5.94. The second-order valence-electron chi connectivity index (χ2n) is 5.94. The van der Waals surface area contributed by atoms with E-state index in [1.807, 2.05) is 0 Å². The molecule has 1 saturated carbocycles. The maximum absolute atomic E-state index is 12.5. The Morgan fingerprint density at radius 1 is 1.32 bits per heavy atom. The number of ether oxygens (including phenoxy) is 2. The van der Waals surface area contributed by atoms with Crippen LogP contribution in [0.15, 0.2) is 30.5 Å². The standard InChI is InChI=1S/C17H19F2N3O3/c1-10(11-3-4-11)22-15(7-8-20-22)21-16(23)12-5-6-13(25-17(18)19)14(9-12)24-2/h5-11,17H,3-4H2,1-2H3,(H,21,23). The highest BCUT2D eigenvalue weighted by Gasteiger charge is 2.30. The van der Waals surface area contributed by atoms with Crippen molar-refractivity contribution in [1.82, 2.24) is 9.78 Å². The fraction of sp³-hybridized carbons (Fsp3) is 0.412. The van der Waals surface area contributed by atoms with E-state index in [4.69, 9.17) is 4.74 Å². The number of carbonyl (C=O) groups is 1. The highest BCUT2D eigenvalue weighted by atomic mass is 19.3. The monoisotopic (exact) mass is 351 g/mol. The van der Waals surface area contributed by atoms with Gasteiger partial charge in [0, 0.05) is 11.6 Å². The van der Waals surface area contributed by atoms with E-state index in [0.717, 1.165) is 12.8 Å². The van der Waals surface area contributed by atoms with E-state index in [1.165, 1.54) is 25.3 Å². The molecule has 0 saturated heterocycles. The summed E-state index contributed by atoms with van der Waals surface area (Å²) in [5.41, 5.74) is 0.269. The number of halogens is 2. The van der Waals surface area contributed by atoms with Crippen molar-refractivity contribution in [2.75, 3.05) is 12.4 Å². The van der Waals surface area contributed by atoms with Gasteiger partial charge >= 0.3 is 6.61 Å². The Labute approximate surface area is 143 Å². The highest BCUT2D eigenvalue weighted by molar-refractivity contribution is 6.04. The van der Waals surface area contributed by atoms with E-state index in [-0.39, 0.29) is 29.0 Å². The van der Waals surface area contributed by atoms with Gasteiger partial charge in [-0.15, -0.1) is 0 Å². The summed E-state index contributed by atoms with van der Waals surface area (Å²) in [4.78, 5) is 12.5. The van der Waals surface area contributed by atoms with Crippen LogP contribution in [-0.2, 0) is 0 Å². The molecule has 1 aliphatic rings. The Morgan fingerprint density at radius 2 is 2.08 bits per heavy atom. The van der Waals surface area contributed by atoms with Crippen molar-refractivity contribution in [2.45, 2.75) is 32.4 Å². The lowest BCUT2D eigenvalue weighted by Gasteiger charge is -2.16. The van der Waals surface area contributed by atoms with Gasteiger partial charge in [-0.2, -0.15) is 13.9 Å². The van der Waals surface area contributed by atoms with Crippen LogP contribution in [0.5, 0.6) is 11.5 Å². The molecule has 1 fully saturated rings. The first-order chi connectivity index (χ1) is 12.0. The van der Waals surface area contributed by atoms with Crippen LogP contribution in [0.1, 0.15) is 36.2 Å². The molecule has 1 heterocycles. The number of nitrogens with zero attached hydrogens (tertiary/aromatic N) is 2. The predicted octanol–water partition coefficient (Wildman–Crippen LogP) is 3.72. The molecule has 1 aromatic carbocycles. The van der Waals surface area contributed by atoms with Crippen LogP contribution < -0.4 is 14.8 Å². The van der Waals surface area contributed by atoms with Crippen molar-refractivity contribution in [3.8, 4) is 11.5 Å². The van der Waals surface area contributed by atoms with Gasteiger partial charge in [0.2, 0.25) is 0 Å². The first-order valence-electron chi connectivity index (χ1n) is 7.97. The Hall–Kier alpha value is -2.64. The molecule has 0 radical (unpaired) electrons. The average Bonchev–Trinajstić information content (AvgIpc) is 3.34. The molecular weight excluding hydrogens is 332 g/mol. The molecule has 134 valence electrons. The van der Waals surface area contributed by atoms with Gasteiger partial charge in [-0.05, 0) is 43.9 Å². The lowest BCUT2D eigenvalue weighted by Crippen LogP contribution is -2.18. The number of hydrogen-bond acceptors (Lipinski definition) is 4. The number of nitrogens with one attached hydrogen (secondary N) is 1. The van der Waals surface area contributed by atoms with Gasteiger partial charge in [0.05, 0.1) is 19.3 Å². The molecule has 1 amide bonds. The van der Waals surface area contributed by atoms with Crippen LogP contribution >= 0.6 is 0 Å². The molecule has 3 rings (SSSR count). The molecule has 6 nitrogen and oxygen atoms in total. The third kappa shape index (κ3) is 3.89. The number of rotatable bonds is 7. The van der Waals surface area contributed by atoms with E-state index in [9.17, 15) is 13.6 Å². The van der Waals surface area contributed by atoms with Gasteiger partial charge in [-0.25, -0.2) is 4.68 Å². The summed E-state index contributed by atoms with van der Waals surface area (Å²) >= 11 is 0. The number of carbonyl (C=O) groups excluding carboxylic acids is 1. The van der Waals surface area contributed by atoms with Crippen LogP contribution in [0.2, 0.25) is 0 Å². The minimum absolute atomic E-state index is 0.0628. The molecule has 1 N–H and O–H groups in total. The van der Waals surface area contributed by atoms with Gasteiger partial charge in [0.1, 0.15) is 5.82 Å². The van der Waals surface area contributed by atoms with Crippen LogP contribution in [-0.4, -0.2) is 29.4 Å². The number of methoxy groups -OCH3 is 1. The predicted molar refractivity (Wildman–Crippen MR) is 87.2 cm³/mol. The number of hydrogen-bond donors (Lipinski definition) is 1. The fourth-order valence-corrected chi connectivity index (χ4v) is 2.71. The first-order valence-corrected chi connectivity index (χ1v) is 7.97. The zero-order valence-corrected chi connectivity index (χ0v) is 13.9. The molecule has 0 bridgehead atoms. The number of amides is 1. The highest BCUT2D eigenvalue weighted by Crippen LogP contribution is 2.40. The van der Waals surface area contributed by atoms with Gasteiger partial charge in [0.15, 0.2) is 11.5 Å². The van der Waals surface area contributed by atoms with Crippen LogP contribution in [0.25, 0.3) is 0 Å². The van der Waals surface area contributed by atoms with E-state index in [2.05, 4.69) is 22.1 Å². The summed E-state index contributed by atoms with van der Waals surface area (Å²) in [5.74, 6) is 0.735. The normalized spacial score (nSPS) is 15.1. The minimum atomic E-state index is -2.97. The van der Waals surface area contributed by atoms with Gasteiger partial charge in [0.25, 0.3) is 5.91 Å². The molecule has 2 aromatic rings. The number of anilines is 1. The molecule has 1 atom stereocenters. The van der Waals surface area contributed by atoms with E-state index < -0.39 is 6.61 Å². The van der Waals surface area contributed by atoms with Crippen molar-refractivity contribution < 1.29 is 23.0 Å². The maximum Gasteiger partial charge on any atom is 0.387 e. The Kier molecular flexibility index (Phi) is 4.87. The second kappa shape index (κ2) is 7.08. The van der Waals surface area contributed by atoms with E-state index in [0.29, 0.717) is 11.7 Å². The quantitative estimate of drug-likeness (QED) is 0.826. The largest absolute Gasteiger partial charge is 0.493 e. The SMILES string of the molecule is COc1cc(C(=O)Nc2ccnn2C(C)C2CC2)ccc1OC(F)F. The zero-order valence-electron chi connectivity index (χ0n) is 13.9. The molecule has 1 unspecified atom stereocenters. The molecule has 0 spiro atoms. The van der Waals surface area contributed by atoms with Crippen molar-refractivity contribution >= 4 is 11.7 Å². The number of benzene rings is 1. The van der Waals surface area contributed by atoms with Gasteiger partial charge in [-0.1, -0.05) is 0 Å². The fourth-order valence-electron chi connectivity index (χ4n) is 2.71. The Bertz CT molecular complexity index is 759. The third-order valence-electron chi connectivity index (χ3n) is 4.24. The first kappa shape index (κ1) is 17.2. The molecule has 8 heteroatoms. The molecule has 25 heavy (non-hydrogen) atoms. The topological polar surface area (TPSA) is 65.4 Å². The summed E-state index contributed by atoms with van der Waals surface area (Å²) < 4.78 is 35.9. The van der Waals surface area contributed by atoms with Gasteiger partial charge < -0.3 is 14.8 Å². The smallest absolute Gasteiger partial charge is 0.387 e. The van der Waals surface area contributed by atoms with Crippen molar-refractivity contribution in [2.24, 2.45) is 5.92 Å². The minimum Gasteiger partial charge on any atom is -0.493 e. The summed E-state index contributed by atoms with van der Waals surface area (Å²) in [5, 5.41) is 7.08. The third-order valence-corrected chi connectivity index (χ3v) is 4.24. The Balaban J connectivity index is 1.76. The van der Waals surface area contributed by atoms with E-state index in [1.54, 1.807) is 16.9 Å². The molecule has 0 aliphatic heterocycles. The summed E-state index contributed by atoms with van der Waals surface area (Å²) in [6, 6.07) is 5.98. The lowest BCUT2D eigenvalue weighted by atomic mass is 10.2. The van der Waals surface area contributed by atoms with Crippen LogP contribution in [0.4, 0.5) is 14.6 Å².